The Bertz CT molecular complexity index is 886. The van der Waals surface area contributed by atoms with Gasteiger partial charge in [-0.25, -0.2) is 0 Å². The van der Waals surface area contributed by atoms with Crippen molar-refractivity contribution in [1.29, 1.82) is 0 Å². The maximum Gasteiger partial charge on any atom is 0.234 e. The zero-order valence-corrected chi connectivity index (χ0v) is 15.6. The summed E-state index contributed by atoms with van der Waals surface area (Å²) in [5.41, 5.74) is 1.43. The normalized spacial score (nSPS) is 10.5. The Balaban J connectivity index is 1.70. The molecule has 0 saturated carbocycles. The molecule has 0 atom stereocenters. The number of ether oxygens (including phenoxy) is 1. The van der Waals surface area contributed by atoms with E-state index < -0.39 is 0 Å². The molecule has 0 spiro atoms. The largest absolute Gasteiger partial charge is 0.494 e. The number of tetrazole rings is 1. The van der Waals surface area contributed by atoms with Crippen molar-refractivity contribution in [2.75, 3.05) is 18.2 Å². The highest BCUT2D eigenvalue weighted by molar-refractivity contribution is 9.10. The minimum absolute atomic E-state index is 0.147. The van der Waals surface area contributed by atoms with E-state index in [1.54, 1.807) is 11.8 Å². The monoisotopic (exact) mass is 419 g/mol. The van der Waals surface area contributed by atoms with Crippen molar-refractivity contribution >= 4 is 39.3 Å². The van der Waals surface area contributed by atoms with Crippen molar-refractivity contribution in [1.82, 2.24) is 20.2 Å². The van der Waals surface area contributed by atoms with Gasteiger partial charge in [-0.05, 0) is 50.6 Å². The molecule has 1 heterocycles. The van der Waals surface area contributed by atoms with Crippen LogP contribution in [-0.2, 0) is 4.79 Å². The minimum atomic E-state index is -0.147. The fourth-order valence-electron chi connectivity index (χ4n) is 2.10. The molecule has 0 bridgehead atoms. The zero-order chi connectivity index (χ0) is 17.6. The summed E-state index contributed by atoms with van der Waals surface area (Å²) in [7, 11) is 1.58. The van der Waals surface area contributed by atoms with Gasteiger partial charge in [0, 0.05) is 4.47 Å². The molecule has 0 aliphatic heterocycles. The smallest absolute Gasteiger partial charge is 0.234 e. The Hall–Kier alpha value is -2.39. The average Bonchev–Trinajstić information content (AvgIpc) is 3.10. The van der Waals surface area contributed by atoms with Crippen LogP contribution in [0, 0.1) is 0 Å². The number of rotatable bonds is 6. The quantitative estimate of drug-likeness (QED) is 0.617. The number of aromatic nitrogens is 4. The van der Waals surface area contributed by atoms with Crippen LogP contribution >= 0.6 is 27.7 Å². The molecular formula is C16H14BrN5O2S. The first-order valence-corrected chi connectivity index (χ1v) is 9.06. The molecule has 1 N–H and O–H groups in total. The van der Waals surface area contributed by atoms with Crippen LogP contribution < -0.4 is 10.1 Å². The summed E-state index contributed by atoms with van der Waals surface area (Å²) in [6.45, 7) is 0. The van der Waals surface area contributed by atoms with Crippen LogP contribution in [0.2, 0.25) is 0 Å². The molecule has 128 valence electrons. The number of hydrogen-bond acceptors (Lipinski definition) is 6. The molecule has 25 heavy (non-hydrogen) atoms. The van der Waals surface area contributed by atoms with E-state index in [-0.39, 0.29) is 11.7 Å². The lowest BCUT2D eigenvalue weighted by Gasteiger charge is -2.09. The summed E-state index contributed by atoms with van der Waals surface area (Å²) in [5, 5.41) is 15.0. The third-order valence-corrected chi connectivity index (χ3v) is 4.85. The van der Waals surface area contributed by atoms with Gasteiger partial charge in [-0.2, -0.15) is 4.68 Å². The van der Waals surface area contributed by atoms with E-state index in [1.807, 2.05) is 48.5 Å². The number of anilines is 1. The van der Waals surface area contributed by atoms with Gasteiger partial charge < -0.3 is 10.1 Å². The van der Waals surface area contributed by atoms with Crippen LogP contribution in [0.5, 0.6) is 5.75 Å². The van der Waals surface area contributed by atoms with E-state index in [2.05, 4.69) is 36.8 Å². The van der Waals surface area contributed by atoms with Gasteiger partial charge in [-0.3, -0.25) is 4.79 Å². The average molecular weight is 420 g/mol. The molecule has 0 aliphatic rings. The van der Waals surface area contributed by atoms with E-state index in [1.165, 1.54) is 11.8 Å². The molecule has 1 amide bonds. The predicted octanol–water partition coefficient (Wildman–Crippen LogP) is 3.16. The SMILES string of the molecule is COc1ccccc1-n1nnnc1SCC(=O)Nc1ccccc1Br. The number of carbonyl (C=O) groups is 1. The van der Waals surface area contributed by atoms with Crippen LogP contribution in [0.3, 0.4) is 0 Å². The van der Waals surface area contributed by atoms with Crippen LogP contribution in [0.1, 0.15) is 0 Å². The highest BCUT2D eigenvalue weighted by Gasteiger charge is 2.14. The number of nitrogens with one attached hydrogen (secondary N) is 1. The first-order chi connectivity index (χ1) is 12.2. The van der Waals surface area contributed by atoms with E-state index >= 15 is 0 Å². The number of hydrogen-bond donors (Lipinski definition) is 1. The Morgan fingerprint density at radius 3 is 2.80 bits per heavy atom. The minimum Gasteiger partial charge on any atom is -0.494 e. The molecular weight excluding hydrogens is 406 g/mol. The van der Waals surface area contributed by atoms with E-state index in [4.69, 9.17) is 4.74 Å². The lowest BCUT2D eigenvalue weighted by Crippen LogP contribution is -2.15. The van der Waals surface area contributed by atoms with Gasteiger partial charge in [0.15, 0.2) is 0 Å². The Morgan fingerprint density at radius 1 is 1.24 bits per heavy atom. The van der Waals surface area contributed by atoms with E-state index in [0.717, 1.165) is 10.2 Å². The van der Waals surface area contributed by atoms with Crippen molar-refractivity contribution in [2.24, 2.45) is 0 Å². The van der Waals surface area contributed by atoms with Crippen molar-refractivity contribution in [3.63, 3.8) is 0 Å². The molecule has 9 heteroatoms. The number of halogens is 1. The van der Waals surface area contributed by atoms with E-state index in [9.17, 15) is 4.79 Å². The Morgan fingerprint density at radius 2 is 2.00 bits per heavy atom. The van der Waals surface area contributed by atoms with Crippen molar-refractivity contribution < 1.29 is 9.53 Å². The van der Waals surface area contributed by atoms with Crippen molar-refractivity contribution in [3.8, 4) is 11.4 Å². The molecule has 3 aromatic rings. The number of para-hydroxylation sites is 3. The third-order valence-electron chi connectivity index (χ3n) is 3.23. The van der Waals surface area contributed by atoms with E-state index in [0.29, 0.717) is 16.6 Å². The van der Waals surface area contributed by atoms with Gasteiger partial charge in [-0.15, -0.1) is 5.10 Å². The summed E-state index contributed by atoms with van der Waals surface area (Å²) in [4.78, 5) is 12.2. The first kappa shape index (κ1) is 17.4. The molecule has 0 saturated heterocycles. The number of carbonyl (C=O) groups excluding carboxylic acids is 1. The summed E-state index contributed by atoms with van der Waals surface area (Å²) < 4.78 is 7.71. The molecule has 0 aliphatic carbocycles. The maximum atomic E-state index is 12.2. The predicted molar refractivity (Wildman–Crippen MR) is 99.2 cm³/mol. The first-order valence-electron chi connectivity index (χ1n) is 7.28. The molecule has 7 nitrogen and oxygen atoms in total. The van der Waals surface area contributed by atoms with Crippen molar-refractivity contribution in [3.05, 3.63) is 53.0 Å². The third kappa shape index (κ3) is 4.18. The van der Waals surface area contributed by atoms with Crippen LogP contribution in [0.4, 0.5) is 5.69 Å². The highest BCUT2D eigenvalue weighted by atomic mass is 79.9. The summed E-state index contributed by atoms with van der Waals surface area (Å²) in [6.07, 6.45) is 0. The van der Waals surface area contributed by atoms with Gasteiger partial charge in [0.1, 0.15) is 11.4 Å². The van der Waals surface area contributed by atoms with Crippen LogP contribution in [0.15, 0.2) is 58.2 Å². The number of methoxy groups -OCH3 is 1. The summed E-state index contributed by atoms with van der Waals surface area (Å²) >= 11 is 4.65. The van der Waals surface area contributed by atoms with Crippen molar-refractivity contribution in [2.45, 2.75) is 5.16 Å². The lowest BCUT2D eigenvalue weighted by molar-refractivity contribution is -0.113. The topological polar surface area (TPSA) is 81.9 Å². The second-order valence-corrected chi connectivity index (χ2v) is 6.66. The fraction of sp³-hybridized carbons (Fsp3) is 0.125. The molecule has 0 radical (unpaired) electrons. The number of benzene rings is 2. The molecule has 2 aromatic carbocycles. The number of nitrogens with zero attached hydrogens (tertiary/aromatic N) is 4. The van der Waals surface area contributed by atoms with Gasteiger partial charge in [0.25, 0.3) is 0 Å². The standard InChI is InChI=1S/C16H14BrN5O2S/c1-24-14-9-5-4-8-13(14)22-16(19-20-21-22)25-10-15(23)18-12-7-3-2-6-11(12)17/h2-9H,10H2,1H3,(H,18,23). The lowest BCUT2D eigenvalue weighted by atomic mass is 10.3. The second-order valence-electron chi connectivity index (χ2n) is 4.86. The van der Waals surface area contributed by atoms with Gasteiger partial charge in [0.2, 0.25) is 11.1 Å². The van der Waals surface area contributed by atoms with Gasteiger partial charge >= 0.3 is 0 Å². The second kappa shape index (κ2) is 8.13. The highest BCUT2D eigenvalue weighted by Crippen LogP contribution is 2.26. The van der Waals surface area contributed by atoms with Crippen LogP contribution in [0.25, 0.3) is 5.69 Å². The summed E-state index contributed by atoms with van der Waals surface area (Å²) in [5.74, 6) is 0.678. The molecule has 0 fully saturated rings. The molecule has 3 rings (SSSR count). The van der Waals surface area contributed by atoms with Gasteiger partial charge in [0.05, 0.1) is 18.6 Å². The maximum absolute atomic E-state index is 12.2. The number of thioether (sulfide) groups is 1. The van der Waals surface area contributed by atoms with Gasteiger partial charge in [-0.1, -0.05) is 36.0 Å². The zero-order valence-electron chi connectivity index (χ0n) is 13.2. The molecule has 1 aromatic heterocycles. The summed E-state index contributed by atoms with van der Waals surface area (Å²) in [6, 6.07) is 14.8. The Kier molecular flexibility index (Phi) is 5.67. The number of amides is 1. The fourth-order valence-corrected chi connectivity index (χ4v) is 3.17. The van der Waals surface area contributed by atoms with Crippen LogP contribution in [-0.4, -0.2) is 39.0 Å². The Labute approximate surface area is 156 Å². The molecule has 0 unspecified atom stereocenters.